The summed E-state index contributed by atoms with van der Waals surface area (Å²) in [5.41, 5.74) is 0.131. The van der Waals surface area contributed by atoms with Crippen LogP contribution in [0.15, 0.2) is 100 Å². The molecule has 5 rings (SSSR count). The lowest BCUT2D eigenvalue weighted by molar-refractivity contribution is 0.482. The Balaban J connectivity index is 1.43. The third-order valence-corrected chi connectivity index (χ3v) is 5.27. The van der Waals surface area contributed by atoms with E-state index in [2.05, 4.69) is 10.3 Å². The molecule has 0 radical (unpaired) electrons. The molecule has 0 aliphatic rings. The molecule has 2 heterocycles. The van der Waals surface area contributed by atoms with Gasteiger partial charge in [0.15, 0.2) is 10.8 Å². The smallest absolute Gasteiger partial charge is 0.349 e. The van der Waals surface area contributed by atoms with Crippen molar-refractivity contribution in [3.63, 3.8) is 0 Å². The summed E-state index contributed by atoms with van der Waals surface area (Å²) in [5.74, 6) is 1.96. The Morgan fingerprint density at radius 2 is 1.45 bits per heavy atom. The van der Waals surface area contributed by atoms with Crippen molar-refractivity contribution in [3.05, 3.63) is 101 Å². The van der Waals surface area contributed by atoms with Crippen LogP contribution in [0.1, 0.15) is 0 Å². The van der Waals surface area contributed by atoms with Crippen molar-refractivity contribution < 1.29 is 13.9 Å². The number of rotatable bonds is 6. The highest BCUT2D eigenvalue weighted by atomic mass is 32.1. The largest absolute Gasteiger partial charge is 0.455 e. The first-order chi connectivity index (χ1) is 15.2. The zero-order chi connectivity index (χ0) is 21.0. The minimum Gasteiger partial charge on any atom is -0.455 e. The number of aromatic nitrogens is 1. The van der Waals surface area contributed by atoms with Crippen LogP contribution < -0.4 is 20.4 Å². The molecule has 7 heteroatoms. The van der Waals surface area contributed by atoms with Crippen LogP contribution in [-0.2, 0) is 0 Å². The molecule has 0 saturated carbocycles. The normalized spacial score (nSPS) is 10.7. The maximum Gasteiger partial charge on any atom is 0.349 e. The van der Waals surface area contributed by atoms with Crippen molar-refractivity contribution in [2.75, 3.05) is 5.32 Å². The Kier molecular flexibility index (Phi) is 5.08. The van der Waals surface area contributed by atoms with Gasteiger partial charge in [-0.1, -0.05) is 59.9 Å². The van der Waals surface area contributed by atoms with E-state index in [1.807, 2.05) is 84.9 Å². The maximum absolute atomic E-state index is 12.5. The summed E-state index contributed by atoms with van der Waals surface area (Å²) in [5, 5.41) is 3.98. The lowest BCUT2D eigenvalue weighted by Crippen LogP contribution is -2.04. The molecule has 0 fully saturated rings. The van der Waals surface area contributed by atoms with Crippen LogP contribution in [0.3, 0.4) is 0 Å². The minimum atomic E-state index is -0.492. The number of nitrogens with zero attached hydrogens (tertiary/aromatic N) is 1. The van der Waals surface area contributed by atoms with Crippen molar-refractivity contribution in [1.82, 2.24) is 4.98 Å². The molecule has 2 aromatic heterocycles. The molecule has 0 saturated heterocycles. The number of nitrogens with one attached hydrogen (secondary N) is 1. The lowest BCUT2D eigenvalue weighted by Gasteiger charge is -2.11. The van der Waals surface area contributed by atoms with E-state index in [1.54, 1.807) is 6.07 Å². The fourth-order valence-corrected chi connectivity index (χ4v) is 3.83. The first-order valence-electron chi connectivity index (χ1n) is 9.51. The number of hydrogen-bond donors (Lipinski definition) is 1. The molecule has 5 aromatic rings. The van der Waals surface area contributed by atoms with Crippen molar-refractivity contribution in [3.8, 4) is 22.3 Å². The maximum atomic E-state index is 12.5. The van der Waals surface area contributed by atoms with Gasteiger partial charge in [0.1, 0.15) is 21.7 Å². The number of fused-ring (bicyclic) bond motifs is 1. The van der Waals surface area contributed by atoms with Crippen molar-refractivity contribution >= 4 is 33.3 Å². The number of ether oxygens (including phenoxy) is 2. The van der Waals surface area contributed by atoms with Gasteiger partial charge in [0.25, 0.3) is 0 Å². The van der Waals surface area contributed by atoms with E-state index in [1.165, 1.54) is 11.3 Å². The fourth-order valence-electron chi connectivity index (χ4n) is 2.94. The fraction of sp³-hybridized carbons (Fsp3) is 0. The van der Waals surface area contributed by atoms with Crippen molar-refractivity contribution in [1.29, 1.82) is 0 Å². The Bertz CT molecular complexity index is 1380. The SMILES string of the molecule is O=c1oc(Nc2ccccc2Oc2ccccc2)nc2sc(Oc3ccccc3)cc12. The summed E-state index contributed by atoms with van der Waals surface area (Å²) in [7, 11) is 0. The topological polar surface area (TPSA) is 73.6 Å². The molecule has 0 aliphatic heterocycles. The summed E-state index contributed by atoms with van der Waals surface area (Å²) < 4.78 is 17.1. The Morgan fingerprint density at radius 3 is 2.19 bits per heavy atom. The highest BCUT2D eigenvalue weighted by molar-refractivity contribution is 7.20. The Morgan fingerprint density at radius 1 is 0.806 bits per heavy atom. The molecule has 3 aromatic carbocycles. The van der Waals surface area contributed by atoms with Crippen LogP contribution >= 0.6 is 11.3 Å². The second-order valence-corrected chi connectivity index (χ2v) is 7.54. The zero-order valence-electron chi connectivity index (χ0n) is 16.1. The van der Waals surface area contributed by atoms with Crippen molar-refractivity contribution in [2.24, 2.45) is 0 Å². The molecule has 1 N–H and O–H groups in total. The first kappa shape index (κ1) is 18.9. The minimum absolute atomic E-state index is 0.0784. The molecule has 0 spiro atoms. The predicted molar refractivity (Wildman–Crippen MR) is 121 cm³/mol. The summed E-state index contributed by atoms with van der Waals surface area (Å²) >= 11 is 1.27. The summed E-state index contributed by atoms with van der Waals surface area (Å²) in [6.07, 6.45) is 0. The molecule has 6 nitrogen and oxygen atoms in total. The molecule has 0 unspecified atom stereocenters. The predicted octanol–water partition coefficient (Wildman–Crippen LogP) is 6.58. The number of benzene rings is 3. The van der Waals surface area contributed by atoms with Gasteiger partial charge in [0.2, 0.25) is 0 Å². The van der Waals surface area contributed by atoms with Gasteiger partial charge in [-0.25, -0.2) is 4.79 Å². The lowest BCUT2D eigenvalue weighted by atomic mass is 10.3. The average Bonchev–Trinajstić information content (AvgIpc) is 3.19. The van der Waals surface area contributed by atoms with Gasteiger partial charge >= 0.3 is 11.6 Å². The van der Waals surface area contributed by atoms with Gasteiger partial charge in [0, 0.05) is 6.07 Å². The van der Waals surface area contributed by atoms with E-state index in [9.17, 15) is 4.79 Å². The second-order valence-electron chi connectivity index (χ2n) is 6.54. The van der Waals surface area contributed by atoms with Gasteiger partial charge < -0.3 is 19.2 Å². The van der Waals surface area contributed by atoms with Crippen LogP contribution in [0.5, 0.6) is 22.3 Å². The molecule has 31 heavy (non-hydrogen) atoms. The number of para-hydroxylation sites is 4. The van der Waals surface area contributed by atoms with Crippen molar-refractivity contribution in [2.45, 2.75) is 0 Å². The highest BCUT2D eigenvalue weighted by Gasteiger charge is 2.14. The molecular formula is C24H16N2O4S. The number of thiophene rings is 1. The Hall–Kier alpha value is -4.10. The van der Waals surface area contributed by atoms with E-state index < -0.39 is 5.63 Å². The van der Waals surface area contributed by atoms with E-state index >= 15 is 0 Å². The summed E-state index contributed by atoms with van der Waals surface area (Å²) in [6.45, 7) is 0. The summed E-state index contributed by atoms with van der Waals surface area (Å²) in [4.78, 5) is 17.5. The van der Waals surface area contributed by atoms with E-state index in [-0.39, 0.29) is 6.01 Å². The number of anilines is 2. The second kappa shape index (κ2) is 8.33. The Labute approximate surface area is 181 Å². The van der Waals surface area contributed by atoms with Gasteiger partial charge in [-0.2, -0.15) is 4.98 Å². The number of hydrogen-bond acceptors (Lipinski definition) is 7. The molecule has 0 aliphatic carbocycles. The molecule has 0 bridgehead atoms. The molecular weight excluding hydrogens is 412 g/mol. The van der Waals surface area contributed by atoms with Crippen LogP contribution in [0.25, 0.3) is 10.2 Å². The van der Waals surface area contributed by atoms with E-state index in [0.717, 1.165) is 0 Å². The van der Waals surface area contributed by atoms with E-state index in [0.29, 0.717) is 38.2 Å². The zero-order valence-corrected chi connectivity index (χ0v) is 17.0. The quantitative estimate of drug-likeness (QED) is 0.329. The summed E-state index contributed by atoms with van der Waals surface area (Å²) in [6, 6.07) is 27.9. The average molecular weight is 428 g/mol. The van der Waals surface area contributed by atoms with Gasteiger partial charge in [-0.3, -0.25) is 0 Å². The first-order valence-corrected chi connectivity index (χ1v) is 10.3. The standard InChI is InChI=1S/C24H16N2O4S/c27-23-18-15-21(29-17-11-5-2-6-12-17)31-22(18)26-24(30-23)25-19-13-7-8-14-20(19)28-16-9-3-1-4-10-16/h1-15H,(H,25,26). The third-order valence-electron chi connectivity index (χ3n) is 4.36. The van der Waals surface area contributed by atoms with E-state index in [4.69, 9.17) is 13.9 Å². The van der Waals surface area contributed by atoms with Gasteiger partial charge in [0.05, 0.1) is 5.69 Å². The van der Waals surface area contributed by atoms with Crippen LogP contribution in [0, 0.1) is 0 Å². The highest BCUT2D eigenvalue weighted by Crippen LogP contribution is 2.34. The third kappa shape index (κ3) is 4.26. The van der Waals surface area contributed by atoms with Crippen LogP contribution in [0.4, 0.5) is 11.7 Å². The van der Waals surface area contributed by atoms with Crippen LogP contribution in [-0.4, -0.2) is 4.98 Å². The van der Waals surface area contributed by atoms with Gasteiger partial charge in [-0.05, 0) is 36.4 Å². The molecule has 0 amide bonds. The molecule has 0 atom stereocenters. The van der Waals surface area contributed by atoms with Crippen LogP contribution in [0.2, 0.25) is 0 Å². The molecule has 152 valence electrons. The monoisotopic (exact) mass is 428 g/mol. The van der Waals surface area contributed by atoms with Gasteiger partial charge in [-0.15, -0.1) is 0 Å².